The van der Waals surface area contributed by atoms with Gasteiger partial charge >= 0.3 is 0 Å². The lowest BCUT2D eigenvalue weighted by Gasteiger charge is -2.36. The first kappa shape index (κ1) is 16.9. The summed E-state index contributed by atoms with van der Waals surface area (Å²) in [6.45, 7) is 9.37. The number of nitrogens with one attached hydrogen (secondary N) is 1. The van der Waals surface area contributed by atoms with Crippen molar-refractivity contribution >= 4 is 22.4 Å². The molecule has 1 aliphatic heterocycles. The maximum atomic E-state index is 4.64. The monoisotopic (exact) mass is 349 g/mol. The van der Waals surface area contributed by atoms with E-state index in [9.17, 15) is 0 Å². The van der Waals surface area contributed by atoms with Gasteiger partial charge in [0.05, 0.1) is 12.4 Å². The number of para-hydroxylation sites is 1. The van der Waals surface area contributed by atoms with E-state index in [1.54, 1.807) is 0 Å². The average Bonchev–Trinajstić information content (AvgIpc) is 3.06. The SMILES string of the molecule is CC(C)Nc1cccnc1N1CCN(Cn2ccc3ccccc32)CC1. The summed E-state index contributed by atoms with van der Waals surface area (Å²) in [5.41, 5.74) is 2.44. The smallest absolute Gasteiger partial charge is 0.152 e. The molecule has 0 radical (unpaired) electrons. The first-order valence-electron chi connectivity index (χ1n) is 9.43. The predicted molar refractivity (Wildman–Crippen MR) is 109 cm³/mol. The van der Waals surface area contributed by atoms with Crippen molar-refractivity contribution in [3.63, 3.8) is 0 Å². The van der Waals surface area contributed by atoms with E-state index in [-0.39, 0.29) is 0 Å². The van der Waals surface area contributed by atoms with Crippen molar-refractivity contribution < 1.29 is 0 Å². The molecule has 0 amide bonds. The molecule has 1 fully saturated rings. The number of fused-ring (bicyclic) bond motifs is 1. The van der Waals surface area contributed by atoms with Gasteiger partial charge in [-0.15, -0.1) is 0 Å². The molecule has 3 heterocycles. The highest BCUT2D eigenvalue weighted by atomic mass is 15.3. The van der Waals surface area contributed by atoms with Gasteiger partial charge in [-0.25, -0.2) is 4.98 Å². The van der Waals surface area contributed by atoms with Gasteiger partial charge in [-0.3, -0.25) is 4.90 Å². The molecule has 0 atom stereocenters. The summed E-state index contributed by atoms with van der Waals surface area (Å²) in [6.07, 6.45) is 4.08. The average molecular weight is 349 g/mol. The molecular weight excluding hydrogens is 322 g/mol. The molecule has 0 aliphatic carbocycles. The number of anilines is 2. The number of hydrogen-bond acceptors (Lipinski definition) is 4. The third-order valence-electron chi connectivity index (χ3n) is 4.94. The van der Waals surface area contributed by atoms with E-state index in [0.717, 1.165) is 44.4 Å². The van der Waals surface area contributed by atoms with Gasteiger partial charge in [0, 0.05) is 50.1 Å². The van der Waals surface area contributed by atoms with Crippen molar-refractivity contribution in [1.29, 1.82) is 0 Å². The molecule has 26 heavy (non-hydrogen) atoms. The van der Waals surface area contributed by atoms with E-state index in [1.165, 1.54) is 10.9 Å². The molecule has 1 aromatic carbocycles. The Morgan fingerprint density at radius 1 is 1.00 bits per heavy atom. The number of pyridine rings is 1. The number of benzene rings is 1. The molecule has 0 bridgehead atoms. The van der Waals surface area contributed by atoms with Gasteiger partial charge in [-0.2, -0.15) is 0 Å². The van der Waals surface area contributed by atoms with Crippen LogP contribution in [0.4, 0.5) is 11.5 Å². The summed E-state index contributed by atoms with van der Waals surface area (Å²) in [4.78, 5) is 9.55. The second-order valence-electron chi connectivity index (χ2n) is 7.26. The zero-order chi connectivity index (χ0) is 17.9. The molecule has 3 aromatic rings. The summed E-state index contributed by atoms with van der Waals surface area (Å²) in [5.74, 6) is 1.08. The Bertz CT molecular complexity index is 861. The van der Waals surface area contributed by atoms with E-state index < -0.39 is 0 Å². The minimum Gasteiger partial charge on any atom is -0.380 e. The van der Waals surface area contributed by atoms with Crippen LogP contribution >= 0.6 is 0 Å². The number of nitrogens with zero attached hydrogens (tertiary/aromatic N) is 4. The Morgan fingerprint density at radius 2 is 1.81 bits per heavy atom. The summed E-state index contributed by atoms with van der Waals surface area (Å²) in [5, 5.41) is 4.83. The maximum Gasteiger partial charge on any atom is 0.152 e. The fraction of sp³-hybridized carbons (Fsp3) is 0.381. The summed E-state index contributed by atoms with van der Waals surface area (Å²) >= 11 is 0. The van der Waals surface area contributed by atoms with Crippen molar-refractivity contribution in [2.75, 3.05) is 36.4 Å². The molecule has 1 saturated heterocycles. The van der Waals surface area contributed by atoms with Crippen molar-refractivity contribution in [3.8, 4) is 0 Å². The van der Waals surface area contributed by atoms with E-state index in [0.29, 0.717) is 6.04 Å². The highest BCUT2D eigenvalue weighted by molar-refractivity contribution is 5.79. The van der Waals surface area contributed by atoms with Crippen molar-refractivity contribution in [1.82, 2.24) is 14.5 Å². The van der Waals surface area contributed by atoms with Crippen LogP contribution in [0.25, 0.3) is 10.9 Å². The molecular formula is C21H27N5. The highest BCUT2D eigenvalue weighted by Crippen LogP contribution is 2.25. The van der Waals surface area contributed by atoms with Crippen molar-refractivity contribution in [3.05, 3.63) is 54.9 Å². The molecule has 136 valence electrons. The third-order valence-corrected chi connectivity index (χ3v) is 4.94. The van der Waals surface area contributed by atoms with Gasteiger partial charge in [0.15, 0.2) is 5.82 Å². The van der Waals surface area contributed by atoms with Gasteiger partial charge < -0.3 is 14.8 Å². The van der Waals surface area contributed by atoms with Gasteiger partial charge in [-0.1, -0.05) is 18.2 Å². The van der Waals surface area contributed by atoms with E-state index in [2.05, 4.69) is 81.1 Å². The summed E-state index contributed by atoms with van der Waals surface area (Å²) in [7, 11) is 0. The topological polar surface area (TPSA) is 36.3 Å². The maximum absolute atomic E-state index is 4.64. The van der Waals surface area contributed by atoms with E-state index in [4.69, 9.17) is 0 Å². The second kappa shape index (κ2) is 7.38. The highest BCUT2D eigenvalue weighted by Gasteiger charge is 2.20. The zero-order valence-corrected chi connectivity index (χ0v) is 15.6. The largest absolute Gasteiger partial charge is 0.380 e. The van der Waals surface area contributed by atoms with Gasteiger partial charge in [0.1, 0.15) is 0 Å². The Morgan fingerprint density at radius 3 is 2.62 bits per heavy atom. The van der Waals surface area contributed by atoms with Crippen molar-refractivity contribution in [2.24, 2.45) is 0 Å². The van der Waals surface area contributed by atoms with E-state index in [1.807, 2.05) is 12.3 Å². The quantitative estimate of drug-likeness (QED) is 0.763. The normalized spacial score (nSPS) is 15.7. The van der Waals surface area contributed by atoms with Crippen LogP contribution in [0.1, 0.15) is 13.8 Å². The first-order valence-corrected chi connectivity index (χ1v) is 9.43. The predicted octanol–water partition coefficient (Wildman–Crippen LogP) is 3.64. The van der Waals surface area contributed by atoms with Crippen LogP contribution in [0, 0.1) is 0 Å². The number of hydrogen-bond donors (Lipinski definition) is 1. The fourth-order valence-corrected chi connectivity index (χ4v) is 3.65. The van der Waals surface area contributed by atoms with Crippen LogP contribution < -0.4 is 10.2 Å². The number of aromatic nitrogens is 2. The minimum absolute atomic E-state index is 0.404. The molecule has 1 N–H and O–H groups in total. The van der Waals surface area contributed by atoms with Crippen molar-refractivity contribution in [2.45, 2.75) is 26.6 Å². The van der Waals surface area contributed by atoms with Crippen LogP contribution in [-0.2, 0) is 6.67 Å². The van der Waals surface area contributed by atoms with Gasteiger partial charge in [0.2, 0.25) is 0 Å². The van der Waals surface area contributed by atoms with Gasteiger partial charge in [-0.05, 0) is 43.5 Å². The summed E-state index contributed by atoms with van der Waals surface area (Å²) in [6, 6.07) is 15.3. The Balaban J connectivity index is 1.42. The lowest BCUT2D eigenvalue weighted by Crippen LogP contribution is -2.47. The first-order chi connectivity index (χ1) is 12.7. The Kier molecular flexibility index (Phi) is 4.80. The molecule has 0 spiro atoms. The molecule has 0 saturated carbocycles. The Labute approximate surface area is 155 Å². The molecule has 5 nitrogen and oxygen atoms in total. The number of piperazine rings is 1. The molecule has 5 heteroatoms. The minimum atomic E-state index is 0.404. The zero-order valence-electron chi connectivity index (χ0n) is 15.6. The molecule has 1 aliphatic rings. The fourth-order valence-electron chi connectivity index (χ4n) is 3.65. The van der Waals surface area contributed by atoms with Crippen LogP contribution in [0.5, 0.6) is 0 Å². The molecule has 0 unspecified atom stereocenters. The van der Waals surface area contributed by atoms with Crippen LogP contribution in [0.3, 0.4) is 0 Å². The van der Waals surface area contributed by atoms with Crippen LogP contribution in [-0.4, -0.2) is 46.7 Å². The standard InChI is InChI=1S/C21H27N5/c1-17(2)23-19-7-5-10-22-21(19)25-14-12-24(13-15-25)16-26-11-9-18-6-3-4-8-20(18)26/h3-11,17,23H,12-16H2,1-2H3. The summed E-state index contributed by atoms with van der Waals surface area (Å²) < 4.78 is 2.34. The lowest BCUT2D eigenvalue weighted by molar-refractivity contribution is 0.209. The van der Waals surface area contributed by atoms with Crippen LogP contribution in [0.2, 0.25) is 0 Å². The van der Waals surface area contributed by atoms with E-state index >= 15 is 0 Å². The van der Waals surface area contributed by atoms with Crippen LogP contribution in [0.15, 0.2) is 54.9 Å². The molecule has 2 aromatic heterocycles. The molecule has 4 rings (SSSR count). The lowest BCUT2D eigenvalue weighted by atomic mass is 10.2. The second-order valence-corrected chi connectivity index (χ2v) is 7.26. The Hall–Kier alpha value is -2.53. The third kappa shape index (κ3) is 3.53. The van der Waals surface area contributed by atoms with Gasteiger partial charge in [0.25, 0.3) is 0 Å². The number of rotatable bonds is 5.